The summed E-state index contributed by atoms with van der Waals surface area (Å²) in [6.07, 6.45) is 0. The Morgan fingerprint density at radius 1 is 0.315 bits per heavy atom. The van der Waals surface area contributed by atoms with E-state index in [9.17, 15) is 0 Å². The lowest BCUT2D eigenvalue weighted by Gasteiger charge is -2.28. The minimum atomic E-state index is -0.144. The summed E-state index contributed by atoms with van der Waals surface area (Å²) < 4.78 is 0. The third kappa shape index (κ3) is 4.10. The molecule has 0 saturated heterocycles. The molecule has 0 bridgehead atoms. The molecule has 0 aromatic heterocycles. The molecule has 1 heteroatoms. The molecule has 0 aliphatic heterocycles. The summed E-state index contributed by atoms with van der Waals surface area (Å²) in [5.74, 6) is 0. The van der Waals surface area contributed by atoms with Crippen LogP contribution in [0, 0.1) is 0 Å². The van der Waals surface area contributed by atoms with Gasteiger partial charge in [-0.1, -0.05) is 133 Å². The van der Waals surface area contributed by atoms with Crippen LogP contribution in [0.5, 0.6) is 0 Å². The molecule has 0 fully saturated rings. The van der Waals surface area contributed by atoms with E-state index in [1.807, 2.05) is 0 Å². The van der Waals surface area contributed by atoms with Gasteiger partial charge in [0.1, 0.15) is 0 Å². The molecular weight excluding hydrogens is 651 g/mol. The third-order valence-corrected chi connectivity index (χ3v) is 13.4. The van der Waals surface area contributed by atoms with E-state index in [1.165, 1.54) is 94.0 Å². The number of para-hydroxylation sites is 1. The fraction of sp³-hybridized carbons (Fsp3) is 0.170. The Morgan fingerprint density at radius 3 is 1.67 bits per heavy atom. The van der Waals surface area contributed by atoms with Gasteiger partial charge in [-0.3, -0.25) is 0 Å². The van der Waals surface area contributed by atoms with Gasteiger partial charge in [-0.05, 0) is 149 Å². The zero-order valence-electron chi connectivity index (χ0n) is 31.9. The van der Waals surface area contributed by atoms with Crippen LogP contribution in [0.3, 0.4) is 0 Å². The van der Waals surface area contributed by atoms with Crippen molar-refractivity contribution in [3.05, 3.63) is 185 Å². The lowest BCUT2D eigenvalue weighted by molar-refractivity contribution is 0.652. The first-order chi connectivity index (χ1) is 26.0. The maximum atomic E-state index is 2.51. The van der Waals surface area contributed by atoms with Crippen LogP contribution in [0.25, 0.3) is 54.9 Å². The lowest BCUT2D eigenvalue weighted by atomic mass is 9.79. The number of hydrogen-bond donors (Lipinski definition) is 0. The van der Waals surface area contributed by atoms with Gasteiger partial charge >= 0.3 is 0 Å². The van der Waals surface area contributed by atoms with Crippen molar-refractivity contribution in [3.63, 3.8) is 0 Å². The SMILES string of the molecule is CC1(C)c2ccccc2-c2cc3c(cc21)-c1ccc(N(c2ccccc2)c2ccc4cc5c(cc4c2)C(C)(C)c2c-5ccc4ccccc24)cc1C3(C)C. The number of benzene rings is 8. The number of anilines is 3. The molecule has 8 aromatic rings. The summed E-state index contributed by atoms with van der Waals surface area (Å²) in [6.45, 7) is 14.4. The molecule has 8 aromatic carbocycles. The molecule has 260 valence electrons. The quantitative estimate of drug-likeness (QED) is 0.178. The zero-order chi connectivity index (χ0) is 36.7. The van der Waals surface area contributed by atoms with Crippen LogP contribution in [0.15, 0.2) is 152 Å². The van der Waals surface area contributed by atoms with Gasteiger partial charge in [0.2, 0.25) is 0 Å². The largest absolute Gasteiger partial charge is 0.310 e. The Bertz CT molecular complexity index is 2900. The van der Waals surface area contributed by atoms with E-state index in [-0.39, 0.29) is 16.2 Å². The smallest absolute Gasteiger partial charge is 0.0468 e. The first kappa shape index (κ1) is 31.6. The van der Waals surface area contributed by atoms with Gasteiger partial charge in [0.25, 0.3) is 0 Å². The number of fused-ring (bicyclic) bond motifs is 12. The highest BCUT2D eigenvalue weighted by Gasteiger charge is 2.42. The van der Waals surface area contributed by atoms with Crippen LogP contribution in [0.4, 0.5) is 17.1 Å². The molecule has 0 atom stereocenters. The number of hydrogen-bond acceptors (Lipinski definition) is 1. The van der Waals surface area contributed by atoms with E-state index in [1.54, 1.807) is 0 Å². The summed E-state index contributed by atoms with van der Waals surface area (Å²) in [5.41, 5.74) is 20.0. The second-order valence-corrected chi connectivity index (χ2v) is 17.4. The monoisotopic (exact) mass is 693 g/mol. The Balaban J connectivity index is 1.05. The van der Waals surface area contributed by atoms with Gasteiger partial charge in [-0.15, -0.1) is 0 Å². The van der Waals surface area contributed by atoms with Crippen molar-refractivity contribution >= 4 is 38.6 Å². The molecule has 0 saturated carbocycles. The minimum Gasteiger partial charge on any atom is -0.310 e. The van der Waals surface area contributed by atoms with Crippen LogP contribution < -0.4 is 4.90 Å². The molecule has 0 spiro atoms. The predicted octanol–water partition coefficient (Wildman–Crippen LogP) is 14.4. The molecule has 1 nitrogen and oxygen atoms in total. The average Bonchev–Trinajstić information content (AvgIpc) is 3.66. The molecule has 0 N–H and O–H groups in total. The van der Waals surface area contributed by atoms with Crippen LogP contribution in [0.2, 0.25) is 0 Å². The highest BCUT2D eigenvalue weighted by atomic mass is 15.1. The topological polar surface area (TPSA) is 3.24 Å². The third-order valence-electron chi connectivity index (χ3n) is 13.4. The van der Waals surface area contributed by atoms with E-state index < -0.39 is 0 Å². The standard InChI is InChI=1S/C53H43N/c1-51(2)45-19-13-12-18-39(45)43-30-49-44(31-48(43)51)40-25-23-37(29-47(40)52(49,3)4)54(35-15-8-7-9-16-35)36-22-20-33-27-42-41-24-21-32-14-10-11-17-38(32)50(41)53(5,6)46(42)28-34(33)26-36/h7-31H,1-6H3. The summed E-state index contributed by atoms with van der Waals surface area (Å²) in [5, 5.41) is 5.20. The predicted molar refractivity (Wildman–Crippen MR) is 229 cm³/mol. The van der Waals surface area contributed by atoms with E-state index in [4.69, 9.17) is 0 Å². The van der Waals surface area contributed by atoms with E-state index in [0.29, 0.717) is 0 Å². The van der Waals surface area contributed by atoms with Gasteiger partial charge in [0.05, 0.1) is 0 Å². The molecule has 3 aliphatic rings. The van der Waals surface area contributed by atoms with Gasteiger partial charge in [-0.2, -0.15) is 0 Å². The first-order valence-corrected chi connectivity index (χ1v) is 19.4. The molecule has 0 amide bonds. The Morgan fingerprint density at radius 2 is 0.870 bits per heavy atom. The number of rotatable bonds is 3. The van der Waals surface area contributed by atoms with Crippen molar-refractivity contribution in [1.29, 1.82) is 0 Å². The van der Waals surface area contributed by atoms with Gasteiger partial charge in [-0.25, -0.2) is 0 Å². The van der Waals surface area contributed by atoms with E-state index in [2.05, 4.69) is 198 Å². The van der Waals surface area contributed by atoms with Crippen LogP contribution >= 0.6 is 0 Å². The van der Waals surface area contributed by atoms with Crippen molar-refractivity contribution < 1.29 is 0 Å². The first-order valence-electron chi connectivity index (χ1n) is 19.4. The second-order valence-electron chi connectivity index (χ2n) is 17.4. The van der Waals surface area contributed by atoms with Gasteiger partial charge in [0.15, 0.2) is 0 Å². The molecule has 3 aliphatic carbocycles. The fourth-order valence-electron chi connectivity index (χ4n) is 10.5. The molecular formula is C53H43N. The highest BCUT2D eigenvalue weighted by Crippen LogP contribution is 2.57. The molecule has 0 unspecified atom stereocenters. The number of nitrogens with zero attached hydrogens (tertiary/aromatic N) is 1. The normalized spacial score (nSPS) is 16.0. The van der Waals surface area contributed by atoms with Crippen LogP contribution in [-0.4, -0.2) is 0 Å². The fourth-order valence-corrected chi connectivity index (χ4v) is 10.5. The van der Waals surface area contributed by atoms with Crippen molar-refractivity contribution in [2.45, 2.75) is 57.8 Å². The molecule has 0 radical (unpaired) electrons. The molecule has 0 heterocycles. The zero-order valence-corrected chi connectivity index (χ0v) is 31.9. The van der Waals surface area contributed by atoms with Crippen LogP contribution in [-0.2, 0) is 16.2 Å². The maximum absolute atomic E-state index is 2.51. The Labute approximate surface area is 318 Å². The van der Waals surface area contributed by atoms with Crippen molar-refractivity contribution in [1.82, 2.24) is 0 Å². The molecule has 54 heavy (non-hydrogen) atoms. The van der Waals surface area contributed by atoms with E-state index in [0.717, 1.165) is 11.4 Å². The van der Waals surface area contributed by atoms with Crippen LogP contribution in [0.1, 0.15) is 74.9 Å². The minimum absolute atomic E-state index is 0.0279. The summed E-state index contributed by atoms with van der Waals surface area (Å²) in [6, 6.07) is 57.4. The maximum Gasteiger partial charge on any atom is 0.0468 e. The second kappa shape index (κ2) is 10.6. The summed E-state index contributed by atoms with van der Waals surface area (Å²) >= 11 is 0. The summed E-state index contributed by atoms with van der Waals surface area (Å²) in [4.78, 5) is 2.44. The van der Waals surface area contributed by atoms with Gasteiger partial charge < -0.3 is 4.90 Å². The van der Waals surface area contributed by atoms with Crippen molar-refractivity contribution in [2.75, 3.05) is 4.90 Å². The molecule has 11 rings (SSSR count). The Hall–Kier alpha value is -5.92. The average molecular weight is 694 g/mol. The highest BCUT2D eigenvalue weighted by molar-refractivity contribution is 6.02. The van der Waals surface area contributed by atoms with E-state index >= 15 is 0 Å². The van der Waals surface area contributed by atoms with Crippen molar-refractivity contribution in [3.8, 4) is 33.4 Å². The summed E-state index contributed by atoms with van der Waals surface area (Å²) in [7, 11) is 0. The van der Waals surface area contributed by atoms with Crippen molar-refractivity contribution in [2.24, 2.45) is 0 Å². The Kier molecular flexibility index (Phi) is 6.21. The lowest BCUT2D eigenvalue weighted by Crippen LogP contribution is -2.17. The van der Waals surface area contributed by atoms with Gasteiger partial charge in [0, 0.05) is 33.3 Å².